The van der Waals surface area contributed by atoms with E-state index in [1.807, 2.05) is 4.90 Å². The number of amides is 2. The quantitative estimate of drug-likeness (QED) is 0.483. The topological polar surface area (TPSA) is 123 Å². The van der Waals surface area contributed by atoms with Gasteiger partial charge in [-0.3, -0.25) is 19.7 Å². The molecule has 180 valence electrons. The van der Waals surface area contributed by atoms with Gasteiger partial charge in [0.2, 0.25) is 5.91 Å². The van der Waals surface area contributed by atoms with Crippen LogP contribution in [-0.2, 0) is 9.53 Å². The van der Waals surface area contributed by atoms with Crippen molar-refractivity contribution < 1.29 is 28.7 Å². The molecule has 0 spiro atoms. The highest BCUT2D eigenvalue weighted by Crippen LogP contribution is 2.32. The van der Waals surface area contributed by atoms with E-state index in [4.69, 9.17) is 14.2 Å². The number of nitrogens with zero attached hydrogens (tertiary/aromatic N) is 3. The highest BCUT2D eigenvalue weighted by molar-refractivity contribution is 6.03. The molecule has 11 heteroatoms. The van der Waals surface area contributed by atoms with Crippen molar-refractivity contribution >= 4 is 28.9 Å². The van der Waals surface area contributed by atoms with Gasteiger partial charge in [0.05, 0.1) is 29.4 Å². The number of benzene rings is 2. The van der Waals surface area contributed by atoms with Crippen molar-refractivity contribution in [1.29, 1.82) is 0 Å². The molecule has 1 N–H and O–H groups in total. The predicted octanol–water partition coefficient (Wildman–Crippen LogP) is 2.30. The lowest BCUT2D eigenvalue weighted by Crippen LogP contribution is -2.40. The molecule has 2 heterocycles. The Labute approximate surface area is 196 Å². The number of carbonyl (C=O) groups is 2. The van der Waals surface area contributed by atoms with Crippen LogP contribution in [0.1, 0.15) is 17.3 Å². The average molecular weight is 470 g/mol. The molecule has 0 unspecified atom stereocenters. The molecule has 2 aromatic carbocycles. The molecule has 0 aromatic heterocycles. The van der Waals surface area contributed by atoms with Crippen LogP contribution in [0.3, 0.4) is 0 Å². The highest BCUT2D eigenvalue weighted by atomic mass is 16.6. The summed E-state index contributed by atoms with van der Waals surface area (Å²) in [6.45, 7) is 4.81. The van der Waals surface area contributed by atoms with Gasteiger partial charge in [0.15, 0.2) is 11.5 Å². The number of ether oxygens (including phenoxy) is 3. The van der Waals surface area contributed by atoms with E-state index in [2.05, 4.69) is 5.32 Å². The summed E-state index contributed by atoms with van der Waals surface area (Å²) in [6.07, 6.45) is 0. The van der Waals surface area contributed by atoms with Gasteiger partial charge in [-0.2, -0.15) is 0 Å². The molecule has 2 aliphatic heterocycles. The lowest BCUT2D eigenvalue weighted by Gasteiger charge is -2.31. The molecule has 0 aliphatic carbocycles. The number of carbonyl (C=O) groups excluding carboxylic acids is 2. The van der Waals surface area contributed by atoms with Crippen molar-refractivity contribution in [3.63, 3.8) is 0 Å². The number of hydrogen-bond acceptors (Lipinski definition) is 8. The lowest BCUT2D eigenvalue weighted by atomic mass is 10.1. The molecule has 34 heavy (non-hydrogen) atoms. The number of non-ortho nitro benzene ring substituents is 1. The van der Waals surface area contributed by atoms with Crippen molar-refractivity contribution in [1.82, 2.24) is 4.90 Å². The lowest BCUT2D eigenvalue weighted by molar-refractivity contribution is -0.384. The number of rotatable bonds is 7. The summed E-state index contributed by atoms with van der Waals surface area (Å²) in [5.74, 6) is 0.297. The van der Waals surface area contributed by atoms with Gasteiger partial charge in [-0.05, 0) is 25.1 Å². The number of anilines is 2. The normalized spacial score (nSPS) is 14.9. The summed E-state index contributed by atoms with van der Waals surface area (Å²) in [5.41, 5.74) is 1.11. The predicted molar refractivity (Wildman–Crippen MR) is 124 cm³/mol. The molecule has 1 fully saturated rings. The van der Waals surface area contributed by atoms with E-state index in [9.17, 15) is 19.7 Å². The molecular weight excluding hydrogens is 444 g/mol. The molecule has 4 rings (SSSR count). The van der Waals surface area contributed by atoms with Crippen LogP contribution < -0.4 is 19.7 Å². The molecule has 11 nitrogen and oxygen atoms in total. The summed E-state index contributed by atoms with van der Waals surface area (Å²) in [5, 5.41) is 14.1. The molecule has 0 atom stereocenters. The Bertz CT molecular complexity index is 1080. The molecule has 2 amide bonds. The molecule has 0 saturated carbocycles. The number of nitro groups is 1. The minimum absolute atomic E-state index is 0.183. The maximum absolute atomic E-state index is 13.4. The maximum atomic E-state index is 13.4. The van der Waals surface area contributed by atoms with Gasteiger partial charge in [0, 0.05) is 43.5 Å². The van der Waals surface area contributed by atoms with Gasteiger partial charge >= 0.3 is 0 Å². The number of fused-ring (bicyclic) bond motifs is 1. The van der Waals surface area contributed by atoms with E-state index >= 15 is 0 Å². The van der Waals surface area contributed by atoms with Crippen molar-refractivity contribution in [3.05, 3.63) is 52.1 Å². The maximum Gasteiger partial charge on any atom is 0.270 e. The number of nitrogens with one attached hydrogen (secondary N) is 1. The highest BCUT2D eigenvalue weighted by Gasteiger charge is 2.26. The number of nitro benzene ring substituents is 1. The van der Waals surface area contributed by atoms with Crippen molar-refractivity contribution in [2.45, 2.75) is 6.92 Å². The Kier molecular flexibility index (Phi) is 7.12. The monoisotopic (exact) mass is 470 g/mol. The minimum Gasteiger partial charge on any atom is -0.486 e. The molecule has 2 aromatic rings. The van der Waals surface area contributed by atoms with Crippen molar-refractivity contribution in [2.24, 2.45) is 0 Å². The molecular formula is C23H26N4O7. The number of hydrogen-bond donors (Lipinski definition) is 1. The van der Waals surface area contributed by atoms with Gasteiger partial charge < -0.3 is 29.3 Å². The summed E-state index contributed by atoms with van der Waals surface area (Å²) in [6, 6.07) is 9.31. The van der Waals surface area contributed by atoms with Crippen LogP contribution in [0.4, 0.5) is 17.1 Å². The molecule has 2 aliphatic rings. The summed E-state index contributed by atoms with van der Waals surface area (Å²) >= 11 is 0. The van der Waals surface area contributed by atoms with E-state index in [1.165, 1.54) is 17.0 Å². The van der Waals surface area contributed by atoms with Crippen LogP contribution in [0.15, 0.2) is 36.4 Å². The third-order valence-electron chi connectivity index (χ3n) is 5.60. The van der Waals surface area contributed by atoms with Gasteiger partial charge in [0.1, 0.15) is 19.8 Å². The van der Waals surface area contributed by atoms with E-state index in [-0.39, 0.29) is 24.3 Å². The Morgan fingerprint density at radius 3 is 2.50 bits per heavy atom. The first-order chi connectivity index (χ1) is 16.5. The van der Waals surface area contributed by atoms with Crippen LogP contribution in [0, 0.1) is 10.1 Å². The second-order valence-electron chi connectivity index (χ2n) is 7.78. The third kappa shape index (κ3) is 5.20. The second-order valence-corrected chi connectivity index (χ2v) is 7.78. The second kappa shape index (κ2) is 10.4. The standard InChI is InChI=1S/C23H26N4O7/c1-2-25(15-22(28)24-16-3-6-20-21(13-16)34-12-11-33-20)23(29)18-14-17(27(30)31)4-5-19(18)26-7-9-32-10-8-26/h3-6,13-14H,2,7-12,15H2,1H3,(H,24,28). The van der Waals surface area contributed by atoms with Crippen LogP contribution >= 0.6 is 0 Å². The Morgan fingerprint density at radius 1 is 1.06 bits per heavy atom. The zero-order valence-corrected chi connectivity index (χ0v) is 18.8. The molecule has 0 bridgehead atoms. The van der Waals surface area contributed by atoms with Crippen molar-refractivity contribution in [2.75, 3.05) is 62.8 Å². The van der Waals surface area contributed by atoms with E-state index in [0.717, 1.165) is 0 Å². The van der Waals surface area contributed by atoms with E-state index in [1.54, 1.807) is 31.2 Å². The van der Waals surface area contributed by atoms with Crippen LogP contribution in [0.2, 0.25) is 0 Å². The fourth-order valence-electron chi connectivity index (χ4n) is 3.88. The summed E-state index contributed by atoms with van der Waals surface area (Å²) in [7, 11) is 0. The number of likely N-dealkylation sites (N-methyl/N-ethyl adjacent to an activating group) is 1. The van der Waals surface area contributed by atoms with Crippen LogP contribution in [0.5, 0.6) is 11.5 Å². The first-order valence-corrected chi connectivity index (χ1v) is 11.1. The van der Waals surface area contributed by atoms with Gasteiger partial charge in [-0.15, -0.1) is 0 Å². The minimum atomic E-state index is -0.537. The van der Waals surface area contributed by atoms with E-state index in [0.29, 0.717) is 62.4 Å². The zero-order chi connectivity index (χ0) is 24.1. The van der Waals surface area contributed by atoms with Crippen molar-refractivity contribution in [3.8, 4) is 11.5 Å². The van der Waals surface area contributed by atoms with Crippen LogP contribution in [0.25, 0.3) is 0 Å². The summed E-state index contributed by atoms with van der Waals surface area (Å²) in [4.78, 5) is 40.3. The average Bonchev–Trinajstić information content (AvgIpc) is 2.87. The number of morpholine rings is 1. The van der Waals surface area contributed by atoms with Gasteiger partial charge in [-0.25, -0.2) is 0 Å². The Morgan fingerprint density at radius 2 is 1.79 bits per heavy atom. The Hall–Kier alpha value is -3.86. The smallest absolute Gasteiger partial charge is 0.270 e. The summed E-state index contributed by atoms with van der Waals surface area (Å²) < 4.78 is 16.4. The third-order valence-corrected chi connectivity index (χ3v) is 5.60. The van der Waals surface area contributed by atoms with E-state index < -0.39 is 16.7 Å². The molecule has 1 saturated heterocycles. The van der Waals surface area contributed by atoms with Gasteiger partial charge in [-0.1, -0.05) is 0 Å². The zero-order valence-electron chi connectivity index (χ0n) is 18.8. The first kappa shape index (κ1) is 23.3. The first-order valence-electron chi connectivity index (χ1n) is 11.1. The Balaban J connectivity index is 1.51. The SMILES string of the molecule is CCN(CC(=O)Nc1ccc2c(c1)OCCO2)C(=O)c1cc([N+](=O)[O-])ccc1N1CCOCC1. The fourth-order valence-corrected chi connectivity index (χ4v) is 3.88. The van der Waals surface area contributed by atoms with Crippen LogP contribution in [-0.4, -0.2) is 74.2 Å². The van der Waals surface area contributed by atoms with Gasteiger partial charge in [0.25, 0.3) is 11.6 Å². The fraction of sp³-hybridized carbons (Fsp3) is 0.391. The molecule has 0 radical (unpaired) electrons. The largest absolute Gasteiger partial charge is 0.486 e.